The molecule has 0 aliphatic carbocycles. The molecule has 0 fully saturated rings. The SMILES string of the molecule is O=C(Cc1ccccc1)NCCC(=O)OCc1ccc(-c2ccccc2)cc1. The van der Waals surface area contributed by atoms with E-state index in [2.05, 4.69) is 17.4 Å². The van der Waals surface area contributed by atoms with Gasteiger partial charge in [-0.2, -0.15) is 0 Å². The Morgan fingerprint density at radius 2 is 1.32 bits per heavy atom. The zero-order valence-corrected chi connectivity index (χ0v) is 15.6. The van der Waals surface area contributed by atoms with Crippen molar-refractivity contribution < 1.29 is 14.3 Å². The lowest BCUT2D eigenvalue weighted by molar-refractivity contribution is -0.144. The zero-order chi connectivity index (χ0) is 19.6. The molecule has 0 bridgehead atoms. The van der Waals surface area contributed by atoms with E-state index in [1.165, 1.54) is 0 Å². The van der Waals surface area contributed by atoms with E-state index in [-0.39, 0.29) is 31.4 Å². The fourth-order valence-electron chi connectivity index (χ4n) is 2.81. The molecule has 142 valence electrons. The van der Waals surface area contributed by atoms with E-state index in [1.54, 1.807) is 0 Å². The molecule has 0 spiro atoms. The predicted octanol–water partition coefficient (Wildman–Crippen LogP) is 4.15. The molecule has 3 aromatic rings. The number of carbonyl (C=O) groups is 2. The molecule has 28 heavy (non-hydrogen) atoms. The number of nitrogens with one attached hydrogen (secondary N) is 1. The third-order valence-corrected chi connectivity index (χ3v) is 4.32. The van der Waals surface area contributed by atoms with Gasteiger partial charge >= 0.3 is 5.97 Å². The molecule has 0 saturated carbocycles. The van der Waals surface area contributed by atoms with Gasteiger partial charge in [0.1, 0.15) is 6.61 Å². The molecule has 0 unspecified atom stereocenters. The smallest absolute Gasteiger partial charge is 0.307 e. The van der Waals surface area contributed by atoms with E-state index < -0.39 is 0 Å². The largest absolute Gasteiger partial charge is 0.461 e. The van der Waals surface area contributed by atoms with Crippen LogP contribution in [0.4, 0.5) is 0 Å². The Hall–Kier alpha value is -3.40. The number of benzene rings is 3. The van der Waals surface area contributed by atoms with Gasteiger partial charge in [-0.25, -0.2) is 0 Å². The molecule has 0 heterocycles. The lowest BCUT2D eigenvalue weighted by Crippen LogP contribution is -2.27. The topological polar surface area (TPSA) is 55.4 Å². The van der Waals surface area contributed by atoms with Gasteiger partial charge in [-0.3, -0.25) is 9.59 Å². The van der Waals surface area contributed by atoms with Crippen LogP contribution in [0.1, 0.15) is 17.5 Å². The Balaban J connectivity index is 1.37. The summed E-state index contributed by atoms with van der Waals surface area (Å²) in [6, 6.07) is 27.6. The van der Waals surface area contributed by atoms with Gasteiger partial charge in [0.15, 0.2) is 0 Å². The van der Waals surface area contributed by atoms with Gasteiger partial charge in [0.25, 0.3) is 0 Å². The van der Waals surface area contributed by atoms with Crippen molar-refractivity contribution in [2.24, 2.45) is 0 Å². The number of amides is 1. The monoisotopic (exact) mass is 373 g/mol. The van der Waals surface area contributed by atoms with Gasteiger partial charge in [0.2, 0.25) is 5.91 Å². The quantitative estimate of drug-likeness (QED) is 0.604. The molecular formula is C24H23NO3. The normalized spacial score (nSPS) is 10.3. The lowest BCUT2D eigenvalue weighted by atomic mass is 10.0. The maximum Gasteiger partial charge on any atom is 0.307 e. The summed E-state index contributed by atoms with van der Waals surface area (Å²) in [7, 11) is 0. The molecule has 4 nitrogen and oxygen atoms in total. The number of ether oxygens (including phenoxy) is 1. The first-order valence-electron chi connectivity index (χ1n) is 9.31. The summed E-state index contributed by atoms with van der Waals surface area (Å²) in [6.07, 6.45) is 0.465. The summed E-state index contributed by atoms with van der Waals surface area (Å²) in [4.78, 5) is 23.7. The van der Waals surface area contributed by atoms with Crippen LogP contribution >= 0.6 is 0 Å². The highest BCUT2D eigenvalue weighted by Crippen LogP contribution is 2.19. The van der Waals surface area contributed by atoms with E-state index in [1.807, 2.05) is 72.8 Å². The first kappa shape index (κ1) is 19.4. The molecule has 1 N–H and O–H groups in total. The molecule has 0 radical (unpaired) electrons. The minimum atomic E-state index is -0.327. The van der Waals surface area contributed by atoms with Crippen molar-refractivity contribution in [3.05, 3.63) is 96.1 Å². The molecule has 0 aliphatic rings. The highest BCUT2D eigenvalue weighted by molar-refractivity contribution is 5.79. The number of esters is 1. The summed E-state index contributed by atoms with van der Waals surface area (Å²) in [5.41, 5.74) is 4.15. The van der Waals surface area contributed by atoms with Crippen LogP contribution in [0.2, 0.25) is 0 Å². The van der Waals surface area contributed by atoms with E-state index in [0.717, 1.165) is 22.3 Å². The number of rotatable bonds is 8. The number of carbonyl (C=O) groups excluding carboxylic acids is 2. The second-order valence-corrected chi connectivity index (χ2v) is 6.49. The van der Waals surface area contributed by atoms with Gasteiger partial charge in [0.05, 0.1) is 12.8 Å². The zero-order valence-electron chi connectivity index (χ0n) is 15.6. The number of hydrogen-bond donors (Lipinski definition) is 1. The molecule has 0 atom stereocenters. The van der Waals surface area contributed by atoms with Crippen molar-refractivity contribution in [2.45, 2.75) is 19.4 Å². The number of hydrogen-bond acceptors (Lipinski definition) is 3. The first-order valence-corrected chi connectivity index (χ1v) is 9.31. The van der Waals surface area contributed by atoms with Crippen LogP contribution in [0.15, 0.2) is 84.9 Å². The van der Waals surface area contributed by atoms with Gasteiger partial charge in [-0.15, -0.1) is 0 Å². The van der Waals surface area contributed by atoms with Crippen LogP contribution in [0, 0.1) is 0 Å². The lowest BCUT2D eigenvalue weighted by Gasteiger charge is -2.08. The molecule has 1 amide bonds. The molecule has 4 heteroatoms. The fourth-order valence-corrected chi connectivity index (χ4v) is 2.81. The van der Waals surface area contributed by atoms with E-state index >= 15 is 0 Å². The Kier molecular flexibility index (Phi) is 6.96. The Morgan fingerprint density at radius 1 is 0.714 bits per heavy atom. The van der Waals surface area contributed by atoms with Crippen molar-refractivity contribution in [1.82, 2.24) is 5.32 Å². The van der Waals surface area contributed by atoms with Gasteiger partial charge in [0, 0.05) is 6.54 Å². The Bertz CT molecular complexity index is 890. The van der Waals surface area contributed by atoms with Crippen LogP contribution < -0.4 is 5.32 Å². The van der Waals surface area contributed by atoms with Crippen LogP contribution in [-0.4, -0.2) is 18.4 Å². The highest BCUT2D eigenvalue weighted by atomic mass is 16.5. The molecule has 3 aromatic carbocycles. The standard InChI is InChI=1S/C24H23NO3/c26-23(17-19-7-3-1-4-8-19)25-16-15-24(27)28-18-20-11-13-22(14-12-20)21-9-5-2-6-10-21/h1-14H,15-18H2,(H,25,26). The molecule has 0 aromatic heterocycles. The van der Waals surface area contributed by atoms with Crippen LogP contribution in [0.25, 0.3) is 11.1 Å². The third kappa shape index (κ3) is 6.09. The summed E-state index contributed by atoms with van der Waals surface area (Å²) in [5, 5.41) is 2.75. The van der Waals surface area contributed by atoms with Crippen molar-refractivity contribution in [3.8, 4) is 11.1 Å². The molecule has 0 saturated heterocycles. The average molecular weight is 373 g/mol. The van der Waals surface area contributed by atoms with E-state index in [9.17, 15) is 9.59 Å². The van der Waals surface area contributed by atoms with E-state index in [4.69, 9.17) is 4.74 Å². The van der Waals surface area contributed by atoms with Crippen molar-refractivity contribution in [3.63, 3.8) is 0 Å². The van der Waals surface area contributed by atoms with Crippen molar-refractivity contribution in [1.29, 1.82) is 0 Å². The van der Waals surface area contributed by atoms with Crippen LogP contribution in [0.5, 0.6) is 0 Å². The van der Waals surface area contributed by atoms with Crippen molar-refractivity contribution in [2.75, 3.05) is 6.54 Å². The van der Waals surface area contributed by atoms with E-state index in [0.29, 0.717) is 6.42 Å². The summed E-state index contributed by atoms with van der Waals surface area (Å²) in [5.74, 6) is -0.428. The summed E-state index contributed by atoms with van der Waals surface area (Å²) >= 11 is 0. The first-order chi connectivity index (χ1) is 13.7. The Morgan fingerprint density at radius 3 is 2.00 bits per heavy atom. The van der Waals surface area contributed by atoms with Gasteiger partial charge < -0.3 is 10.1 Å². The van der Waals surface area contributed by atoms with Gasteiger partial charge in [-0.05, 0) is 22.3 Å². The fraction of sp³-hybridized carbons (Fsp3) is 0.167. The highest BCUT2D eigenvalue weighted by Gasteiger charge is 2.07. The molecule has 0 aliphatic heterocycles. The molecular weight excluding hydrogens is 350 g/mol. The van der Waals surface area contributed by atoms with Crippen LogP contribution in [-0.2, 0) is 27.4 Å². The van der Waals surface area contributed by atoms with Crippen molar-refractivity contribution >= 4 is 11.9 Å². The third-order valence-electron chi connectivity index (χ3n) is 4.32. The minimum Gasteiger partial charge on any atom is -0.461 e. The maximum atomic E-state index is 11.9. The van der Waals surface area contributed by atoms with Crippen LogP contribution in [0.3, 0.4) is 0 Å². The average Bonchev–Trinajstić information content (AvgIpc) is 2.74. The van der Waals surface area contributed by atoms with Gasteiger partial charge in [-0.1, -0.05) is 84.9 Å². The second kappa shape index (κ2) is 10.1. The summed E-state index contributed by atoms with van der Waals surface area (Å²) in [6.45, 7) is 0.503. The molecule has 3 rings (SSSR count). The second-order valence-electron chi connectivity index (χ2n) is 6.49. The Labute approximate surface area is 165 Å². The minimum absolute atomic E-state index is 0.101. The predicted molar refractivity (Wildman–Crippen MR) is 109 cm³/mol. The maximum absolute atomic E-state index is 11.9. The summed E-state index contributed by atoms with van der Waals surface area (Å²) < 4.78 is 5.28.